The van der Waals surface area contributed by atoms with Crippen molar-refractivity contribution in [3.8, 4) is 0 Å². The summed E-state index contributed by atoms with van der Waals surface area (Å²) < 4.78 is 5.80. The van der Waals surface area contributed by atoms with Crippen molar-refractivity contribution < 1.29 is 4.74 Å². The van der Waals surface area contributed by atoms with Gasteiger partial charge in [0.2, 0.25) is 0 Å². The van der Waals surface area contributed by atoms with Crippen molar-refractivity contribution in [2.75, 3.05) is 31.1 Å². The summed E-state index contributed by atoms with van der Waals surface area (Å²) in [6.45, 7) is 10.2. The Morgan fingerprint density at radius 3 is 3.10 bits per heavy atom. The Labute approximate surface area is 125 Å². The first-order valence-corrected chi connectivity index (χ1v) is 8.52. The molecule has 0 saturated carbocycles. The van der Waals surface area contributed by atoms with Crippen LogP contribution in [0.5, 0.6) is 0 Å². The summed E-state index contributed by atoms with van der Waals surface area (Å²) in [5.41, 5.74) is 1.24. The van der Waals surface area contributed by atoms with Gasteiger partial charge in [0.05, 0.1) is 23.9 Å². The maximum absolute atomic E-state index is 5.80. The molecule has 0 amide bonds. The summed E-state index contributed by atoms with van der Waals surface area (Å²) in [5.74, 6) is 0. The first-order valence-electron chi connectivity index (χ1n) is 7.71. The van der Waals surface area contributed by atoms with Crippen molar-refractivity contribution in [1.29, 1.82) is 0 Å². The van der Waals surface area contributed by atoms with E-state index >= 15 is 0 Å². The van der Waals surface area contributed by atoms with Gasteiger partial charge in [0.25, 0.3) is 0 Å². The molecular weight excluding hydrogens is 270 g/mol. The van der Waals surface area contributed by atoms with Crippen LogP contribution in [0.15, 0.2) is 0 Å². The van der Waals surface area contributed by atoms with Gasteiger partial charge in [0.15, 0.2) is 5.13 Å². The second kappa shape index (κ2) is 5.62. The molecule has 1 saturated heterocycles. The van der Waals surface area contributed by atoms with E-state index in [9.17, 15) is 0 Å². The highest BCUT2D eigenvalue weighted by molar-refractivity contribution is 7.15. The second-order valence-electron chi connectivity index (χ2n) is 6.34. The SMILES string of the molecule is CCNC1CCCc2sc(N3CCOC(C)(C)C3)nc21. The molecule has 2 heterocycles. The minimum atomic E-state index is -0.0640. The van der Waals surface area contributed by atoms with Crippen LogP contribution in [0.2, 0.25) is 0 Å². The molecule has 20 heavy (non-hydrogen) atoms. The van der Waals surface area contributed by atoms with Crippen LogP contribution in [-0.4, -0.2) is 36.8 Å². The lowest BCUT2D eigenvalue weighted by atomic mass is 9.98. The monoisotopic (exact) mass is 295 g/mol. The van der Waals surface area contributed by atoms with Crippen LogP contribution in [0.25, 0.3) is 0 Å². The smallest absolute Gasteiger partial charge is 0.186 e. The third-order valence-electron chi connectivity index (χ3n) is 4.09. The zero-order valence-electron chi connectivity index (χ0n) is 12.7. The van der Waals surface area contributed by atoms with Gasteiger partial charge < -0.3 is 15.0 Å². The summed E-state index contributed by atoms with van der Waals surface area (Å²) in [4.78, 5) is 8.85. The molecule has 0 radical (unpaired) electrons. The van der Waals surface area contributed by atoms with Crippen LogP contribution in [0.1, 0.15) is 50.2 Å². The van der Waals surface area contributed by atoms with Crippen molar-refractivity contribution in [2.45, 2.75) is 51.7 Å². The van der Waals surface area contributed by atoms with E-state index in [1.54, 1.807) is 0 Å². The topological polar surface area (TPSA) is 37.4 Å². The van der Waals surface area contributed by atoms with Crippen molar-refractivity contribution in [3.63, 3.8) is 0 Å². The van der Waals surface area contributed by atoms with Crippen LogP contribution in [0.3, 0.4) is 0 Å². The van der Waals surface area contributed by atoms with Gasteiger partial charge in [-0.1, -0.05) is 6.92 Å². The van der Waals surface area contributed by atoms with Crippen molar-refractivity contribution in [3.05, 3.63) is 10.6 Å². The Morgan fingerprint density at radius 2 is 2.35 bits per heavy atom. The fourth-order valence-corrected chi connectivity index (χ4v) is 4.35. The van der Waals surface area contributed by atoms with E-state index < -0.39 is 0 Å². The molecular formula is C15H25N3OS. The van der Waals surface area contributed by atoms with E-state index in [-0.39, 0.29) is 5.60 Å². The number of hydrogen-bond acceptors (Lipinski definition) is 5. The molecule has 1 aliphatic heterocycles. The van der Waals surface area contributed by atoms with Gasteiger partial charge in [0.1, 0.15) is 0 Å². The fraction of sp³-hybridized carbons (Fsp3) is 0.800. The summed E-state index contributed by atoms with van der Waals surface area (Å²) in [7, 11) is 0. The average Bonchev–Trinajstić information content (AvgIpc) is 2.83. The Kier molecular flexibility index (Phi) is 4.02. The van der Waals surface area contributed by atoms with Gasteiger partial charge >= 0.3 is 0 Å². The number of aromatic nitrogens is 1. The third kappa shape index (κ3) is 2.85. The van der Waals surface area contributed by atoms with Crippen molar-refractivity contribution in [1.82, 2.24) is 10.3 Å². The summed E-state index contributed by atoms with van der Waals surface area (Å²) in [6.07, 6.45) is 3.70. The molecule has 1 N–H and O–H groups in total. The zero-order chi connectivity index (χ0) is 14.2. The highest BCUT2D eigenvalue weighted by Crippen LogP contribution is 2.37. The molecule has 2 aliphatic rings. The van der Waals surface area contributed by atoms with Gasteiger partial charge in [-0.05, 0) is 39.7 Å². The lowest BCUT2D eigenvalue weighted by Crippen LogP contribution is -2.48. The maximum atomic E-state index is 5.80. The molecule has 0 aromatic carbocycles. The number of thiazole rings is 1. The molecule has 112 valence electrons. The van der Waals surface area contributed by atoms with Crippen LogP contribution >= 0.6 is 11.3 Å². The Bertz CT molecular complexity index is 472. The second-order valence-corrected chi connectivity index (χ2v) is 7.40. The standard InChI is InChI=1S/C15H25N3OS/c1-4-16-11-6-5-7-12-13(11)17-14(20-12)18-8-9-19-15(2,3)10-18/h11,16H,4-10H2,1-3H3. The normalized spacial score (nSPS) is 25.6. The van der Waals surface area contributed by atoms with Gasteiger partial charge in [-0.2, -0.15) is 0 Å². The van der Waals surface area contributed by atoms with Gasteiger partial charge in [-0.25, -0.2) is 4.98 Å². The Morgan fingerprint density at radius 1 is 1.50 bits per heavy atom. The lowest BCUT2D eigenvalue weighted by Gasteiger charge is -2.38. The van der Waals surface area contributed by atoms with E-state index in [0.717, 1.165) is 26.2 Å². The van der Waals surface area contributed by atoms with Crippen LogP contribution in [0.4, 0.5) is 5.13 Å². The molecule has 1 atom stereocenters. The van der Waals surface area contributed by atoms with E-state index in [4.69, 9.17) is 9.72 Å². The van der Waals surface area contributed by atoms with Gasteiger partial charge in [-0.15, -0.1) is 11.3 Å². The number of fused-ring (bicyclic) bond motifs is 1. The van der Waals surface area contributed by atoms with Crippen LogP contribution < -0.4 is 10.2 Å². The minimum absolute atomic E-state index is 0.0640. The molecule has 1 aliphatic carbocycles. The third-order valence-corrected chi connectivity index (χ3v) is 5.28. The highest BCUT2D eigenvalue weighted by Gasteiger charge is 2.31. The minimum Gasteiger partial charge on any atom is -0.372 e. The van der Waals surface area contributed by atoms with Crippen molar-refractivity contribution in [2.24, 2.45) is 0 Å². The number of morpholine rings is 1. The molecule has 0 spiro atoms. The summed E-state index contributed by atoms with van der Waals surface area (Å²) in [5, 5.41) is 4.77. The molecule has 1 unspecified atom stereocenters. The number of rotatable bonds is 3. The Balaban J connectivity index is 1.81. The molecule has 1 aromatic heterocycles. The predicted molar refractivity (Wildman–Crippen MR) is 83.7 cm³/mol. The molecule has 1 fully saturated rings. The number of nitrogens with zero attached hydrogens (tertiary/aromatic N) is 2. The highest BCUT2D eigenvalue weighted by atomic mass is 32.1. The first kappa shape index (κ1) is 14.3. The lowest BCUT2D eigenvalue weighted by molar-refractivity contribution is -0.0277. The molecule has 3 rings (SSSR count). The van der Waals surface area contributed by atoms with Crippen LogP contribution in [0, 0.1) is 0 Å². The van der Waals surface area contributed by atoms with E-state index in [2.05, 4.69) is 31.0 Å². The summed E-state index contributed by atoms with van der Waals surface area (Å²) >= 11 is 1.89. The van der Waals surface area contributed by atoms with E-state index in [0.29, 0.717) is 6.04 Å². The number of anilines is 1. The van der Waals surface area contributed by atoms with E-state index in [1.807, 2.05) is 11.3 Å². The summed E-state index contributed by atoms with van der Waals surface area (Å²) in [6, 6.07) is 0.461. The van der Waals surface area contributed by atoms with Gasteiger partial charge in [0, 0.05) is 18.0 Å². The van der Waals surface area contributed by atoms with Crippen molar-refractivity contribution >= 4 is 16.5 Å². The maximum Gasteiger partial charge on any atom is 0.186 e. The molecule has 4 nitrogen and oxygen atoms in total. The zero-order valence-corrected chi connectivity index (χ0v) is 13.6. The molecule has 1 aromatic rings. The van der Waals surface area contributed by atoms with Gasteiger partial charge in [-0.3, -0.25) is 0 Å². The van der Waals surface area contributed by atoms with E-state index in [1.165, 1.54) is 35.0 Å². The Hall–Kier alpha value is -0.650. The quantitative estimate of drug-likeness (QED) is 0.930. The number of nitrogens with one attached hydrogen (secondary N) is 1. The number of hydrogen-bond donors (Lipinski definition) is 1. The largest absolute Gasteiger partial charge is 0.372 e. The molecule has 0 bridgehead atoms. The van der Waals surface area contributed by atoms with Crippen LogP contribution in [-0.2, 0) is 11.2 Å². The number of aryl methyl sites for hydroxylation is 1. The molecule has 5 heteroatoms. The number of ether oxygens (including phenoxy) is 1. The predicted octanol–water partition coefficient (Wildman–Crippen LogP) is 2.75. The average molecular weight is 295 g/mol. The fourth-order valence-electron chi connectivity index (χ4n) is 3.17. The first-order chi connectivity index (χ1) is 9.59.